The summed E-state index contributed by atoms with van der Waals surface area (Å²) in [6, 6.07) is 17.3. The lowest BCUT2D eigenvalue weighted by Crippen LogP contribution is -2.13. The fraction of sp³-hybridized carbons (Fsp3) is 0. The van der Waals surface area contributed by atoms with Gasteiger partial charge in [-0.05, 0) is 35.7 Å². The summed E-state index contributed by atoms with van der Waals surface area (Å²) >= 11 is 3.00. The van der Waals surface area contributed by atoms with E-state index in [0.717, 1.165) is 32.7 Å². The first kappa shape index (κ1) is 17.7. The highest BCUT2D eigenvalue weighted by Crippen LogP contribution is 2.29. The van der Waals surface area contributed by atoms with Crippen LogP contribution in [0.3, 0.4) is 0 Å². The normalized spacial score (nSPS) is 10.9. The van der Waals surface area contributed by atoms with Gasteiger partial charge in [0.15, 0.2) is 5.13 Å². The summed E-state index contributed by atoms with van der Waals surface area (Å²) in [6.07, 6.45) is 3.45. The molecule has 0 saturated carbocycles. The zero-order chi connectivity index (χ0) is 19.6. The Hall–Kier alpha value is -3.42. The third-order valence-corrected chi connectivity index (χ3v) is 6.09. The Labute approximate surface area is 174 Å². The Bertz CT molecular complexity index is 1300. The van der Waals surface area contributed by atoms with E-state index < -0.39 is 0 Å². The van der Waals surface area contributed by atoms with Crippen molar-refractivity contribution in [2.24, 2.45) is 0 Å². The Kier molecular flexibility index (Phi) is 4.59. The number of carbonyl (C=O) groups is 1. The van der Waals surface area contributed by atoms with E-state index in [-0.39, 0.29) is 5.91 Å². The molecule has 0 saturated heterocycles. The van der Waals surface area contributed by atoms with Gasteiger partial charge in [0, 0.05) is 28.7 Å². The summed E-state index contributed by atoms with van der Waals surface area (Å²) < 4.78 is 0. The highest BCUT2D eigenvalue weighted by atomic mass is 32.1. The molecule has 4 aromatic heterocycles. The van der Waals surface area contributed by atoms with Crippen LogP contribution >= 0.6 is 22.7 Å². The minimum Gasteiger partial charge on any atom is -0.298 e. The summed E-state index contributed by atoms with van der Waals surface area (Å²) in [5.74, 6) is -0.197. The number of rotatable bonds is 4. The number of amides is 1. The zero-order valence-corrected chi connectivity index (χ0v) is 16.7. The van der Waals surface area contributed by atoms with E-state index in [0.29, 0.717) is 10.7 Å². The third kappa shape index (κ3) is 3.53. The second kappa shape index (κ2) is 7.54. The van der Waals surface area contributed by atoms with Crippen molar-refractivity contribution < 1.29 is 4.79 Å². The van der Waals surface area contributed by atoms with Crippen LogP contribution in [0.5, 0.6) is 0 Å². The summed E-state index contributed by atoms with van der Waals surface area (Å²) in [5.41, 5.74) is 3.94. The number of thiazole rings is 1. The van der Waals surface area contributed by atoms with Crippen LogP contribution in [0.2, 0.25) is 0 Å². The fourth-order valence-corrected chi connectivity index (χ4v) is 4.47. The molecule has 7 heteroatoms. The molecule has 5 aromatic rings. The Morgan fingerprint density at radius 3 is 2.59 bits per heavy atom. The number of nitrogens with one attached hydrogen (secondary N) is 1. The maximum atomic E-state index is 13.1. The third-order valence-electron chi connectivity index (χ3n) is 4.44. The molecule has 0 atom stereocenters. The zero-order valence-electron chi connectivity index (χ0n) is 15.1. The number of benzene rings is 1. The van der Waals surface area contributed by atoms with E-state index in [4.69, 9.17) is 4.98 Å². The number of pyridine rings is 2. The second-order valence-corrected chi connectivity index (χ2v) is 8.08. The van der Waals surface area contributed by atoms with E-state index in [1.54, 1.807) is 23.7 Å². The monoisotopic (exact) mass is 414 g/mol. The Morgan fingerprint density at radius 2 is 1.76 bits per heavy atom. The number of aromatic nitrogens is 3. The van der Waals surface area contributed by atoms with Gasteiger partial charge in [-0.2, -0.15) is 0 Å². The predicted molar refractivity (Wildman–Crippen MR) is 118 cm³/mol. The molecule has 5 nitrogen and oxygen atoms in total. The molecule has 0 unspecified atom stereocenters. The van der Waals surface area contributed by atoms with Gasteiger partial charge in [-0.1, -0.05) is 24.3 Å². The number of thiophene rings is 1. The van der Waals surface area contributed by atoms with Crippen molar-refractivity contribution in [3.8, 4) is 21.8 Å². The highest BCUT2D eigenvalue weighted by Gasteiger charge is 2.16. The van der Waals surface area contributed by atoms with Crippen LogP contribution in [0.1, 0.15) is 10.4 Å². The predicted octanol–water partition coefficient (Wildman–Crippen LogP) is 5.73. The topological polar surface area (TPSA) is 67.8 Å². The van der Waals surface area contributed by atoms with Gasteiger partial charge in [-0.3, -0.25) is 15.1 Å². The highest BCUT2D eigenvalue weighted by molar-refractivity contribution is 7.14. The number of nitrogens with zero attached hydrogens (tertiary/aromatic N) is 3. The number of hydrogen-bond donors (Lipinski definition) is 1. The van der Waals surface area contributed by atoms with E-state index in [1.807, 2.05) is 65.4 Å². The van der Waals surface area contributed by atoms with Crippen molar-refractivity contribution in [2.75, 3.05) is 5.32 Å². The molecule has 4 heterocycles. The molecule has 1 amide bonds. The molecule has 0 radical (unpaired) electrons. The molecule has 0 spiro atoms. The first-order valence-corrected chi connectivity index (χ1v) is 10.6. The molecule has 0 aliphatic rings. The number of carbonyl (C=O) groups excluding carboxylic acids is 1. The van der Waals surface area contributed by atoms with E-state index in [1.165, 1.54) is 11.3 Å². The van der Waals surface area contributed by atoms with Crippen molar-refractivity contribution in [3.63, 3.8) is 0 Å². The van der Waals surface area contributed by atoms with Gasteiger partial charge >= 0.3 is 0 Å². The molecule has 140 valence electrons. The van der Waals surface area contributed by atoms with Crippen LogP contribution in [-0.4, -0.2) is 20.9 Å². The molecule has 0 bridgehead atoms. The van der Waals surface area contributed by atoms with Crippen molar-refractivity contribution in [1.29, 1.82) is 0 Å². The lowest BCUT2D eigenvalue weighted by Gasteiger charge is -2.08. The summed E-state index contributed by atoms with van der Waals surface area (Å²) in [4.78, 5) is 27.4. The maximum absolute atomic E-state index is 13.1. The molecule has 29 heavy (non-hydrogen) atoms. The van der Waals surface area contributed by atoms with Crippen molar-refractivity contribution in [1.82, 2.24) is 15.0 Å². The minimum absolute atomic E-state index is 0.197. The van der Waals surface area contributed by atoms with Crippen molar-refractivity contribution >= 4 is 44.6 Å². The summed E-state index contributed by atoms with van der Waals surface area (Å²) in [5, 5.41) is 8.24. The first-order valence-electron chi connectivity index (χ1n) is 8.89. The molecular weight excluding hydrogens is 400 g/mol. The molecule has 0 fully saturated rings. The summed E-state index contributed by atoms with van der Waals surface area (Å²) in [7, 11) is 0. The van der Waals surface area contributed by atoms with Gasteiger partial charge in [-0.15, -0.1) is 22.7 Å². The van der Waals surface area contributed by atoms with Gasteiger partial charge in [0.2, 0.25) is 0 Å². The largest absolute Gasteiger partial charge is 0.298 e. The van der Waals surface area contributed by atoms with E-state index in [2.05, 4.69) is 15.3 Å². The number of anilines is 1. The van der Waals surface area contributed by atoms with Crippen LogP contribution in [0.4, 0.5) is 5.13 Å². The average Bonchev–Trinajstić information content (AvgIpc) is 3.46. The molecule has 0 aliphatic carbocycles. The van der Waals surface area contributed by atoms with Crippen LogP contribution in [0, 0.1) is 0 Å². The second-order valence-electron chi connectivity index (χ2n) is 6.28. The smallest absolute Gasteiger partial charge is 0.258 e. The molecule has 5 rings (SSSR count). The van der Waals surface area contributed by atoms with E-state index >= 15 is 0 Å². The van der Waals surface area contributed by atoms with Crippen LogP contribution in [0.25, 0.3) is 32.7 Å². The van der Waals surface area contributed by atoms with Gasteiger partial charge in [0.05, 0.1) is 27.3 Å². The standard InChI is InChI=1S/C22H14N4OS2/c27-21(26-22-25-19(13-29-22)14-7-9-23-10-8-14)16-12-18(20-6-3-11-28-20)24-17-5-2-1-4-15(16)17/h1-13H,(H,25,26,27). The van der Waals surface area contributed by atoms with Crippen LogP contribution in [0.15, 0.2) is 77.8 Å². The Balaban J connectivity index is 1.50. The molecule has 1 aromatic carbocycles. The van der Waals surface area contributed by atoms with Crippen molar-refractivity contribution in [2.45, 2.75) is 0 Å². The molecule has 0 aliphatic heterocycles. The van der Waals surface area contributed by atoms with Gasteiger partial charge in [0.25, 0.3) is 5.91 Å². The van der Waals surface area contributed by atoms with Crippen molar-refractivity contribution in [3.05, 3.63) is 83.3 Å². The number of fused-ring (bicyclic) bond motifs is 1. The van der Waals surface area contributed by atoms with Crippen LogP contribution in [-0.2, 0) is 0 Å². The molecular formula is C22H14N4OS2. The lowest BCUT2D eigenvalue weighted by molar-refractivity contribution is 0.102. The summed E-state index contributed by atoms with van der Waals surface area (Å²) in [6.45, 7) is 0. The fourth-order valence-electron chi connectivity index (χ4n) is 3.06. The number of hydrogen-bond acceptors (Lipinski definition) is 6. The molecule has 1 N–H and O–H groups in total. The quantitative estimate of drug-likeness (QED) is 0.407. The first-order chi connectivity index (χ1) is 14.3. The Morgan fingerprint density at radius 1 is 0.897 bits per heavy atom. The average molecular weight is 415 g/mol. The van der Waals surface area contributed by atoms with Crippen LogP contribution < -0.4 is 5.32 Å². The number of para-hydroxylation sites is 1. The maximum Gasteiger partial charge on any atom is 0.258 e. The lowest BCUT2D eigenvalue weighted by atomic mass is 10.1. The van der Waals surface area contributed by atoms with Gasteiger partial charge in [0.1, 0.15) is 0 Å². The minimum atomic E-state index is -0.197. The van der Waals surface area contributed by atoms with Gasteiger partial charge in [-0.25, -0.2) is 9.97 Å². The van der Waals surface area contributed by atoms with Gasteiger partial charge < -0.3 is 0 Å². The SMILES string of the molecule is O=C(Nc1nc(-c2ccncc2)cs1)c1cc(-c2cccs2)nc2ccccc12. The van der Waals surface area contributed by atoms with E-state index in [9.17, 15) is 4.79 Å².